The van der Waals surface area contributed by atoms with Crippen LogP contribution in [0.25, 0.3) is 5.65 Å². The summed E-state index contributed by atoms with van der Waals surface area (Å²) in [6.45, 7) is 5.05. The second kappa shape index (κ2) is 9.04. The van der Waals surface area contributed by atoms with Gasteiger partial charge in [0.2, 0.25) is 0 Å². The van der Waals surface area contributed by atoms with Crippen molar-refractivity contribution in [3.8, 4) is 5.75 Å². The summed E-state index contributed by atoms with van der Waals surface area (Å²) in [5.74, 6) is -0.821. The second-order valence-electron chi connectivity index (χ2n) is 8.22. The maximum atomic E-state index is 14.2. The summed E-state index contributed by atoms with van der Waals surface area (Å²) in [6.07, 6.45) is -1.53. The molecule has 11 heteroatoms. The van der Waals surface area contributed by atoms with Crippen LogP contribution in [0.3, 0.4) is 0 Å². The molecule has 2 aliphatic rings. The summed E-state index contributed by atoms with van der Waals surface area (Å²) in [7, 11) is 0. The Hall–Kier alpha value is -2.49. The van der Waals surface area contributed by atoms with Crippen LogP contribution in [0.4, 0.5) is 8.78 Å². The van der Waals surface area contributed by atoms with Gasteiger partial charge in [-0.3, -0.25) is 4.79 Å². The number of alkyl halides is 1. The molecule has 2 aliphatic heterocycles. The number of fused-ring (bicyclic) bond motifs is 3. The third-order valence-electron chi connectivity index (χ3n) is 6.04. The molecule has 0 unspecified atom stereocenters. The quantitative estimate of drug-likeness (QED) is 0.595. The van der Waals surface area contributed by atoms with E-state index in [1.165, 1.54) is 12.1 Å². The number of aryl methyl sites for hydroxylation is 2. The third kappa shape index (κ3) is 4.13. The molecule has 1 amide bonds. The molecule has 7 nitrogen and oxygen atoms in total. The van der Waals surface area contributed by atoms with E-state index in [1.54, 1.807) is 9.42 Å². The summed E-state index contributed by atoms with van der Waals surface area (Å²) in [5, 5.41) is 8.10. The highest BCUT2D eigenvalue weighted by atomic mass is 35.5. The van der Waals surface area contributed by atoms with E-state index >= 15 is 0 Å². The van der Waals surface area contributed by atoms with Crippen molar-refractivity contribution >= 4 is 35.6 Å². The first kappa shape index (κ1) is 23.7. The van der Waals surface area contributed by atoms with Crippen molar-refractivity contribution in [2.45, 2.75) is 45.6 Å². The molecule has 1 fully saturated rings. The van der Waals surface area contributed by atoms with Crippen molar-refractivity contribution in [1.29, 1.82) is 0 Å². The lowest BCUT2D eigenvalue weighted by molar-refractivity contribution is 0.0657. The van der Waals surface area contributed by atoms with Crippen molar-refractivity contribution in [2.24, 2.45) is 0 Å². The number of hydrogen-bond donors (Lipinski definition) is 1. The Bertz CT molecular complexity index is 1240. The Morgan fingerprint density at radius 3 is 2.85 bits per heavy atom. The third-order valence-corrected chi connectivity index (χ3v) is 6.59. The summed E-state index contributed by atoms with van der Waals surface area (Å²) >= 11 is 6.30. The van der Waals surface area contributed by atoms with Crippen molar-refractivity contribution in [3.05, 3.63) is 57.2 Å². The van der Waals surface area contributed by atoms with Crippen LogP contribution in [-0.4, -0.2) is 50.8 Å². The minimum Gasteiger partial charge on any atom is -0.486 e. The van der Waals surface area contributed by atoms with E-state index in [9.17, 15) is 13.6 Å². The molecule has 0 bridgehead atoms. The lowest BCUT2D eigenvalue weighted by Gasteiger charge is -2.28. The van der Waals surface area contributed by atoms with Crippen LogP contribution in [-0.2, 0) is 13.1 Å². The number of carbonyl (C=O) groups is 1. The summed E-state index contributed by atoms with van der Waals surface area (Å²) in [4.78, 5) is 19.5. The number of nitrogens with one attached hydrogen (secondary N) is 1. The number of amides is 1. The molecule has 5 rings (SSSR count). The largest absolute Gasteiger partial charge is 0.486 e. The van der Waals surface area contributed by atoms with Gasteiger partial charge in [0.15, 0.2) is 5.65 Å². The topological polar surface area (TPSA) is 71.8 Å². The van der Waals surface area contributed by atoms with Crippen LogP contribution >= 0.6 is 24.0 Å². The van der Waals surface area contributed by atoms with Crippen LogP contribution in [0.2, 0.25) is 5.02 Å². The van der Waals surface area contributed by atoms with Crippen molar-refractivity contribution in [1.82, 2.24) is 24.8 Å². The fourth-order valence-electron chi connectivity index (χ4n) is 4.29. The van der Waals surface area contributed by atoms with Crippen molar-refractivity contribution in [2.75, 3.05) is 13.1 Å². The van der Waals surface area contributed by atoms with Gasteiger partial charge in [-0.1, -0.05) is 11.6 Å². The number of rotatable bonds is 3. The molecule has 0 spiro atoms. The monoisotopic (exact) mass is 497 g/mol. The van der Waals surface area contributed by atoms with Gasteiger partial charge in [-0.25, -0.2) is 18.3 Å². The van der Waals surface area contributed by atoms with E-state index in [1.807, 2.05) is 13.8 Å². The van der Waals surface area contributed by atoms with E-state index in [0.717, 1.165) is 23.0 Å². The predicted molar refractivity (Wildman–Crippen MR) is 121 cm³/mol. The highest BCUT2D eigenvalue weighted by Gasteiger charge is 2.33. The lowest BCUT2D eigenvalue weighted by Crippen LogP contribution is -2.44. The zero-order valence-electron chi connectivity index (χ0n) is 18.1. The first-order valence-electron chi connectivity index (χ1n) is 10.5. The number of halogens is 4. The fraction of sp³-hybridized carbons (Fsp3) is 0.409. The number of aromatic nitrogens is 3. The molecule has 4 heterocycles. The molecule has 1 aromatic carbocycles. The van der Waals surface area contributed by atoms with Gasteiger partial charge in [0.25, 0.3) is 5.91 Å². The van der Waals surface area contributed by atoms with Gasteiger partial charge in [0, 0.05) is 18.2 Å². The number of ether oxygens (including phenoxy) is 1. The Balaban J connectivity index is 0.00000259. The van der Waals surface area contributed by atoms with Crippen LogP contribution in [0.1, 0.15) is 39.4 Å². The summed E-state index contributed by atoms with van der Waals surface area (Å²) in [5.41, 5.74) is 3.94. The van der Waals surface area contributed by atoms with E-state index in [2.05, 4.69) is 15.4 Å². The smallest absolute Gasteiger partial charge is 0.258 e. The molecular formula is C22H23Cl2F2N5O2. The number of nitrogens with zero attached hydrogens (tertiary/aromatic N) is 4. The zero-order chi connectivity index (χ0) is 22.6. The SMILES string of the molecule is Cc1nc2c3c(nn2c(C)c1Cl)CN(C(=O)c1ccc(F)cc1O[C@H]1CCNC[C@H]1F)C3.Cl. The van der Waals surface area contributed by atoms with E-state index in [-0.39, 0.29) is 42.7 Å². The fourth-order valence-corrected chi connectivity index (χ4v) is 4.41. The Morgan fingerprint density at radius 1 is 1.30 bits per heavy atom. The highest BCUT2D eigenvalue weighted by Crippen LogP contribution is 2.32. The van der Waals surface area contributed by atoms with Crippen LogP contribution in [0, 0.1) is 19.7 Å². The molecule has 2 atom stereocenters. The van der Waals surface area contributed by atoms with Gasteiger partial charge in [-0.05, 0) is 38.9 Å². The predicted octanol–water partition coefficient (Wildman–Crippen LogP) is 3.80. The molecule has 0 radical (unpaired) electrons. The van der Waals surface area contributed by atoms with Gasteiger partial charge in [0.1, 0.15) is 23.8 Å². The minimum atomic E-state index is -1.23. The lowest BCUT2D eigenvalue weighted by atomic mass is 10.1. The Morgan fingerprint density at radius 2 is 2.09 bits per heavy atom. The van der Waals surface area contributed by atoms with E-state index < -0.39 is 18.1 Å². The van der Waals surface area contributed by atoms with E-state index in [0.29, 0.717) is 35.9 Å². The van der Waals surface area contributed by atoms with Gasteiger partial charge in [0.05, 0.1) is 40.8 Å². The Kier molecular flexibility index (Phi) is 6.48. The maximum Gasteiger partial charge on any atom is 0.258 e. The van der Waals surface area contributed by atoms with Crippen molar-refractivity contribution < 1.29 is 18.3 Å². The maximum absolute atomic E-state index is 14.2. The molecule has 176 valence electrons. The first-order chi connectivity index (χ1) is 15.3. The molecule has 1 N–H and O–H groups in total. The van der Waals surface area contributed by atoms with Crippen molar-refractivity contribution in [3.63, 3.8) is 0 Å². The standard InChI is InChI=1S/C22H22ClF2N5O2.ClH/c1-11-20(23)12(2)30-21(27-11)15-9-29(10-17(15)28-30)22(31)14-4-3-13(24)7-19(14)32-18-5-6-26-8-16(18)25;/h3-4,7,16,18,26H,5-6,8-10H2,1-2H3;1H/t16-,18+;/m1./s1. The highest BCUT2D eigenvalue weighted by molar-refractivity contribution is 6.31. The summed E-state index contributed by atoms with van der Waals surface area (Å²) < 4.78 is 35.7. The number of piperidine rings is 1. The van der Waals surface area contributed by atoms with Crippen LogP contribution in [0.5, 0.6) is 5.75 Å². The van der Waals surface area contributed by atoms with Crippen LogP contribution < -0.4 is 10.1 Å². The van der Waals surface area contributed by atoms with Crippen LogP contribution in [0.15, 0.2) is 18.2 Å². The summed E-state index contributed by atoms with van der Waals surface area (Å²) in [6, 6.07) is 3.74. The average Bonchev–Trinajstić information content (AvgIpc) is 3.33. The number of hydrogen-bond acceptors (Lipinski definition) is 5. The molecule has 0 aliphatic carbocycles. The first-order valence-corrected chi connectivity index (χ1v) is 10.8. The Labute approximate surface area is 200 Å². The van der Waals surface area contributed by atoms with Gasteiger partial charge in [-0.15, -0.1) is 12.4 Å². The molecule has 1 saturated heterocycles. The second-order valence-corrected chi connectivity index (χ2v) is 8.60. The number of carbonyl (C=O) groups excluding carboxylic acids is 1. The average molecular weight is 498 g/mol. The van der Waals surface area contributed by atoms with Gasteiger partial charge >= 0.3 is 0 Å². The van der Waals surface area contributed by atoms with Gasteiger partial charge < -0.3 is 15.0 Å². The molecule has 3 aromatic rings. The molecule has 33 heavy (non-hydrogen) atoms. The van der Waals surface area contributed by atoms with Gasteiger partial charge in [-0.2, -0.15) is 5.10 Å². The normalized spacial score (nSPS) is 20.0. The van der Waals surface area contributed by atoms with E-state index in [4.69, 9.17) is 16.3 Å². The molecular weight excluding hydrogens is 475 g/mol. The molecule has 2 aromatic heterocycles. The minimum absolute atomic E-state index is 0. The zero-order valence-corrected chi connectivity index (χ0v) is 19.6. The number of benzene rings is 1. The molecule has 0 saturated carbocycles.